The van der Waals surface area contributed by atoms with Gasteiger partial charge in [0, 0.05) is 31.3 Å². The summed E-state index contributed by atoms with van der Waals surface area (Å²) in [5, 5.41) is 21.9. The summed E-state index contributed by atoms with van der Waals surface area (Å²) in [7, 11) is 0. The topological polar surface area (TPSA) is 62.5 Å². The van der Waals surface area contributed by atoms with Crippen molar-refractivity contribution in [2.24, 2.45) is 5.92 Å². The van der Waals surface area contributed by atoms with Gasteiger partial charge in [-0.3, -0.25) is 4.79 Å². The normalized spacial score (nSPS) is 13.0. The SMILES string of the molecule is CCC(=O)O.C[C@@H](O)[C@@H](CCCc1ccsc1)Cn1cccc1. The Morgan fingerprint density at radius 2 is 2.00 bits per heavy atom. The summed E-state index contributed by atoms with van der Waals surface area (Å²) in [4.78, 5) is 9.37. The van der Waals surface area contributed by atoms with Crippen LogP contribution in [0.15, 0.2) is 41.4 Å². The summed E-state index contributed by atoms with van der Waals surface area (Å²) in [5.41, 5.74) is 1.42. The van der Waals surface area contributed by atoms with Crippen molar-refractivity contribution in [2.75, 3.05) is 0 Å². The van der Waals surface area contributed by atoms with E-state index in [4.69, 9.17) is 5.11 Å². The van der Waals surface area contributed by atoms with Gasteiger partial charge in [-0.2, -0.15) is 11.3 Å². The van der Waals surface area contributed by atoms with Crippen molar-refractivity contribution in [2.45, 2.75) is 52.2 Å². The monoisotopic (exact) mass is 337 g/mol. The maximum Gasteiger partial charge on any atom is 0.303 e. The van der Waals surface area contributed by atoms with Gasteiger partial charge in [-0.25, -0.2) is 0 Å². The number of aliphatic hydroxyl groups is 1. The van der Waals surface area contributed by atoms with Gasteiger partial charge >= 0.3 is 5.97 Å². The van der Waals surface area contributed by atoms with Crippen molar-refractivity contribution in [3.8, 4) is 0 Å². The average Bonchev–Trinajstić information content (AvgIpc) is 3.20. The number of carboxylic acid groups (broad SMARTS) is 1. The van der Waals surface area contributed by atoms with Gasteiger partial charge < -0.3 is 14.8 Å². The summed E-state index contributed by atoms with van der Waals surface area (Å²) >= 11 is 1.76. The molecule has 0 saturated carbocycles. The smallest absolute Gasteiger partial charge is 0.303 e. The van der Waals surface area contributed by atoms with E-state index >= 15 is 0 Å². The second-order valence-corrected chi connectivity index (χ2v) is 6.43. The van der Waals surface area contributed by atoms with Crippen LogP contribution in [0.25, 0.3) is 0 Å². The Labute approximate surface area is 142 Å². The number of aliphatic hydroxyl groups excluding tert-OH is 1. The number of hydrogen-bond acceptors (Lipinski definition) is 3. The van der Waals surface area contributed by atoms with Crippen molar-refractivity contribution in [1.82, 2.24) is 4.57 Å². The van der Waals surface area contributed by atoms with E-state index in [0.29, 0.717) is 5.92 Å². The molecule has 0 spiro atoms. The first-order valence-electron chi connectivity index (χ1n) is 8.04. The largest absolute Gasteiger partial charge is 0.481 e. The Balaban J connectivity index is 0.000000463. The molecule has 5 heteroatoms. The van der Waals surface area contributed by atoms with Crippen LogP contribution in [0.1, 0.15) is 38.7 Å². The second kappa shape index (κ2) is 11.0. The molecule has 0 radical (unpaired) electrons. The van der Waals surface area contributed by atoms with E-state index in [0.717, 1.165) is 25.8 Å². The molecule has 0 bridgehead atoms. The van der Waals surface area contributed by atoms with Gasteiger partial charge in [0.05, 0.1) is 6.10 Å². The van der Waals surface area contributed by atoms with Gasteiger partial charge in [-0.1, -0.05) is 6.92 Å². The number of rotatable bonds is 8. The zero-order valence-corrected chi connectivity index (χ0v) is 14.7. The van der Waals surface area contributed by atoms with Crippen LogP contribution in [0.4, 0.5) is 0 Å². The van der Waals surface area contributed by atoms with Crippen molar-refractivity contribution in [1.29, 1.82) is 0 Å². The quantitative estimate of drug-likeness (QED) is 0.764. The van der Waals surface area contributed by atoms with Crippen molar-refractivity contribution in [3.63, 3.8) is 0 Å². The molecule has 23 heavy (non-hydrogen) atoms. The lowest BCUT2D eigenvalue weighted by atomic mass is 9.95. The predicted octanol–water partition coefficient (Wildman–Crippen LogP) is 4.05. The third kappa shape index (κ3) is 8.57. The lowest BCUT2D eigenvalue weighted by molar-refractivity contribution is -0.136. The van der Waals surface area contributed by atoms with E-state index in [2.05, 4.69) is 33.8 Å². The van der Waals surface area contributed by atoms with Gasteiger partial charge in [0.2, 0.25) is 0 Å². The van der Waals surface area contributed by atoms with Gasteiger partial charge in [0.25, 0.3) is 0 Å². The Hall–Kier alpha value is -1.59. The van der Waals surface area contributed by atoms with Crippen LogP contribution >= 0.6 is 11.3 Å². The van der Waals surface area contributed by atoms with Gasteiger partial charge in [0.1, 0.15) is 0 Å². The average molecular weight is 337 g/mol. The first-order chi connectivity index (χ1) is 11.0. The van der Waals surface area contributed by atoms with E-state index in [1.165, 1.54) is 5.56 Å². The second-order valence-electron chi connectivity index (χ2n) is 5.65. The fraction of sp³-hybridized carbons (Fsp3) is 0.500. The summed E-state index contributed by atoms with van der Waals surface area (Å²) in [6.45, 7) is 4.41. The minimum atomic E-state index is -0.745. The molecule has 0 aliphatic heterocycles. The van der Waals surface area contributed by atoms with Gasteiger partial charge in [0.15, 0.2) is 0 Å². The number of nitrogens with zero attached hydrogens (tertiary/aromatic N) is 1. The number of carboxylic acids is 1. The van der Waals surface area contributed by atoms with E-state index < -0.39 is 5.97 Å². The molecule has 2 heterocycles. The van der Waals surface area contributed by atoms with Crippen LogP contribution in [0, 0.1) is 5.92 Å². The highest BCUT2D eigenvalue weighted by Gasteiger charge is 2.15. The summed E-state index contributed by atoms with van der Waals surface area (Å²) < 4.78 is 2.15. The first kappa shape index (κ1) is 19.5. The van der Waals surface area contributed by atoms with Crippen LogP contribution in [-0.4, -0.2) is 26.9 Å². The molecule has 2 aromatic heterocycles. The fourth-order valence-corrected chi connectivity index (χ4v) is 2.95. The highest BCUT2D eigenvalue weighted by molar-refractivity contribution is 7.07. The molecule has 0 aromatic carbocycles. The standard InChI is InChI=1S/C15H21NOS.C3H6O2/c1-13(17)15(11-16-8-2-3-9-16)6-4-5-14-7-10-18-12-14;1-2-3(4)5/h2-3,7-10,12-13,15,17H,4-6,11H2,1H3;2H2,1H3,(H,4,5)/t13-,15+;/m1./s1. The number of hydrogen-bond donors (Lipinski definition) is 2. The Bertz CT molecular complexity index is 520. The molecule has 2 rings (SSSR count). The lowest BCUT2D eigenvalue weighted by Gasteiger charge is -2.20. The van der Waals surface area contributed by atoms with Crippen LogP contribution < -0.4 is 0 Å². The first-order valence-corrected chi connectivity index (χ1v) is 8.98. The van der Waals surface area contributed by atoms with Crippen LogP contribution in [0.5, 0.6) is 0 Å². The van der Waals surface area contributed by atoms with Crippen molar-refractivity contribution in [3.05, 3.63) is 46.9 Å². The number of aromatic nitrogens is 1. The van der Waals surface area contributed by atoms with Gasteiger partial charge in [-0.05, 0) is 60.7 Å². The minimum Gasteiger partial charge on any atom is -0.481 e. The van der Waals surface area contributed by atoms with Crippen LogP contribution in [0.3, 0.4) is 0 Å². The molecule has 0 fully saturated rings. The predicted molar refractivity (Wildman–Crippen MR) is 94.8 cm³/mol. The van der Waals surface area contributed by atoms with E-state index in [9.17, 15) is 9.90 Å². The molecule has 0 aliphatic carbocycles. The van der Waals surface area contributed by atoms with Gasteiger partial charge in [-0.15, -0.1) is 0 Å². The van der Waals surface area contributed by atoms with Crippen molar-refractivity contribution < 1.29 is 15.0 Å². The zero-order valence-electron chi connectivity index (χ0n) is 13.9. The fourth-order valence-electron chi connectivity index (χ4n) is 2.25. The maximum atomic E-state index is 9.86. The van der Waals surface area contributed by atoms with E-state index in [1.54, 1.807) is 18.3 Å². The third-order valence-electron chi connectivity index (χ3n) is 3.72. The number of aryl methyl sites for hydroxylation is 1. The molecule has 4 nitrogen and oxygen atoms in total. The molecule has 128 valence electrons. The highest BCUT2D eigenvalue weighted by atomic mass is 32.1. The van der Waals surface area contributed by atoms with Crippen LogP contribution in [-0.2, 0) is 17.8 Å². The number of carbonyl (C=O) groups is 1. The van der Waals surface area contributed by atoms with E-state index in [1.807, 2.05) is 19.1 Å². The highest BCUT2D eigenvalue weighted by Crippen LogP contribution is 2.17. The molecule has 2 atom stereocenters. The maximum absolute atomic E-state index is 9.86. The lowest BCUT2D eigenvalue weighted by Crippen LogP contribution is -2.22. The molecule has 2 aromatic rings. The number of thiophene rings is 1. The van der Waals surface area contributed by atoms with Crippen LogP contribution in [0.2, 0.25) is 0 Å². The minimum absolute atomic E-state index is 0.222. The Morgan fingerprint density at radius 3 is 2.48 bits per heavy atom. The third-order valence-corrected chi connectivity index (χ3v) is 4.45. The molecule has 0 saturated heterocycles. The van der Waals surface area contributed by atoms with E-state index in [-0.39, 0.29) is 12.5 Å². The number of aliphatic carboxylic acids is 1. The molecular weight excluding hydrogens is 310 g/mol. The zero-order chi connectivity index (χ0) is 17.1. The van der Waals surface area contributed by atoms with Crippen molar-refractivity contribution >= 4 is 17.3 Å². The molecule has 0 amide bonds. The molecule has 2 N–H and O–H groups in total. The molecule has 0 aliphatic rings. The Kier molecular flexibility index (Phi) is 9.33. The molecule has 0 unspecified atom stereocenters. The summed E-state index contributed by atoms with van der Waals surface area (Å²) in [6.07, 6.45) is 7.45. The summed E-state index contributed by atoms with van der Waals surface area (Å²) in [5.74, 6) is -0.402. The summed E-state index contributed by atoms with van der Waals surface area (Å²) in [6, 6.07) is 6.25. The Morgan fingerprint density at radius 1 is 1.35 bits per heavy atom. The molecular formula is C18H27NO3S.